The minimum atomic E-state index is 0.546. The van der Waals surface area contributed by atoms with Crippen molar-refractivity contribution in [3.8, 4) is 11.8 Å². The Labute approximate surface area is 112 Å². The molecule has 0 N–H and O–H groups in total. The van der Waals surface area contributed by atoms with Gasteiger partial charge in [0.2, 0.25) is 0 Å². The minimum absolute atomic E-state index is 0.546. The van der Waals surface area contributed by atoms with Crippen LogP contribution in [0.3, 0.4) is 0 Å². The highest BCUT2D eigenvalue weighted by Crippen LogP contribution is 2.18. The van der Waals surface area contributed by atoms with E-state index < -0.39 is 0 Å². The summed E-state index contributed by atoms with van der Waals surface area (Å²) in [5.74, 6) is 0.830. The van der Waals surface area contributed by atoms with E-state index in [9.17, 15) is 5.26 Å². The number of ether oxygens (including phenoxy) is 1. The summed E-state index contributed by atoms with van der Waals surface area (Å²) >= 11 is 0. The molecule has 0 radical (unpaired) electrons. The molecule has 94 valence electrons. The van der Waals surface area contributed by atoms with Crippen LogP contribution in [0.2, 0.25) is 0 Å². The van der Waals surface area contributed by atoms with Crippen molar-refractivity contribution < 1.29 is 4.74 Å². The second-order valence-electron chi connectivity index (χ2n) is 3.89. The highest BCUT2D eigenvalue weighted by atomic mass is 16.5. The molecule has 0 atom stereocenters. The third kappa shape index (κ3) is 3.43. The average molecular weight is 250 g/mol. The minimum Gasteiger partial charge on any atom is -0.494 e. The zero-order valence-electron chi connectivity index (χ0n) is 10.7. The third-order valence-corrected chi connectivity index (χ3v) is 2.56. The first-order valence-electron chi connectivity index (χ1n) is 6.09. The lowest BCUT2D eigenvalue weighted by molar-refractivity contribution is 0.340. The summed E-state index contributed by atoms with van der Waals surface area (Å²) in [4.78, 5) is 4.18. The predicted octanol–water partition coefficient (Wildman–Crippen LogP) is 3.54. The van der Waals surface area contributed by atoms with Crippen LogP contribution in [-0.2, 0) is 0 Å². The summed E-state index contributed by atoms with van der Waals surface area (Å²) in [6.45, 7) is 2.59. The van der Waals surface area contributed by atoms with Crippen LogP contribution >= 0.6 is 0 Å². The van der Waals surface area contributed by atoms with Crippen LogP contribution in [-0.4, -0.2) is 11.6 Å². The molecule has 1 heterocycles. The lowest BCUT2D eigenvalue weighted by Crippen LogP contribution is -1.90. The number of hydrogen-bond donors (Lipinski definition) is 0. The van der Waals surface area contributed by atoms with E-state index in [1.807, 2.05) is 55.5 Å². The predicted molar refractivity (Wildman–Crippen MR) is 75.3 cm³/mol. The number of aromatic nitrogens is 1. The Morgan fingerprint density at radius 2 is 2.05 bits per heavy atom. The normalized spacial score (nSPS) is 10.8. The van der Waals surface area contributed by atoms with E-state index in [2.05, 4.69) is 11.1 Å². The van der Waals surface area contributed by atoms with Crippen molar-refractivity contribution in [3.63, 3.8) is 0 Å². The van der Waals surface area contributed by atoms with Crippen molar-refractivity contribution in [3.05, 3.63) is 59.9 Å². The molecular weight excluding hydrogens is 236 g/mol. The summed E-state index contributed by atoms with van der Waals surface area (Å²) in [7, 11) is 0. The Balaban J connectivity index is 2.26. The number of allylic oxidation sites excluding steroid dienone is 1. The molecule has 1 aromatic heterocycles. The summed E-state index contributed by atoms with van der Waals surface area (Å²) in [5.41, 5.74) is 2.18. The molecule has 19 heavy (non-hydrogen) atoms. The Kier molecular flexibility index (Phi) is 4.30. The van der Waals surface area contributed by atoms with E-state index in [0.717, 1.165) is 11.3 Å². The van der Waals surface area contributed by atoms with Gasteiger partial charge in [-0.3, -0.25) is 4.98 Å². The van der Waals surface area contributed by atoms with E-state index >= 15 is 0 Å². The first kappa shape index (κ1) is 12.8. The fraction of sp³-hybridized carbons (Fsp3) is 0.125. The molecule has 0 spiro atoms. The molecule has 0 aliphatic carbocycles. The Morgan fingerprint density at radius 1 is 1.26 bits per heavy atom. The highest BCUT2D eigenvalue weighted by Gasteiger charge is 2.01. The molecule has 0 saturated carbocycles. The van der Waals surface area contributed by atoms with E-state index in [-0.39, 0.29) is 0 Å². The molecule has 0 saturated heterocycles. The second kappa shape index (κ2) is 6.36. The number of rotatable bonds is 4. The molecule has 0 unspecified atom stereocenters. The van der Waals surface area contributed by atoms with Gasteiger partial charge in [0.15, 0.2) is 0 Å². The van der Waals surface area contributed by atoms with Crippen molar-refractivity contribution in [2.24, 2.45) is 0 Å². The molecular formula is C16H14N2O. The van der Waals surface area contributed by atoms with Crippen LogP contribution in [0, 0.1) is 11.3 Å². The van der Waals surface area contributed by atoms with Crippen LogP contribution in [0.4, 0.5) is 0 Å². The van der Waals surface area contributed by atoms with Gasteiger partial charge in [-0.2, -0.15) is 5.26 Å². The van der Waals surface area contributed by atoms with E-state index in [0.29, 0.717) is 17.9 Å². The molecule has 3 heteroatoms. The number of nitriles is 1. The van der Waals surface area contributed by atoms with E-state index in [1.54, 1.807) is 6.20 Å². The Bertz CT molecular complexity index is 595. The molecule has 3 nitrogen and oxygen atoms in total. The van der Waals surface area contributed by atoms with Crippen LogP contribution in [0.5, 0.6) is 5.75 Å². The number of hydrogen-bond acceptors (Lipinski definition) is 3. The molecule has 0 fully saturated rings. The molecule has 0 aliphatic heterocycles. The van der Waals surface area contributed by atoms with Crippen LogP contribution in [0.25, 0.3) is 11.6 Å². The fourth-order valence-corrected chi connectivity index (χ4v) is 1.68. The zero-order valence-corrected chi connectivity index (χ0v) is 10.7. The molecule has 0 amide bonds. The first-order chi connectivity index (χ1) is 9.33. The topological polar surface area (TPSA) is 45.9 Å². The smallest absolute Gasteiger partial charge is 0.119 e. The van der Waals surface area contributed by atoms with Gasteiger partial charge >= 0.3 is 0 Å². The maximum Gasteiger partial charge on any atom is 0.119 e. The van der Waals surface area contributed by atoms with Crippen LogP contribution in [0.15, 0.2) is 48.7 Å². The van der Waals surface area contributed by atoms with Gasteiger partial charge in [-0.05, 0) is 42.8 Å². The largest absolute Gasteiger partial charge is 0.494 e. The molecule has 2 rings (SSSR count). The van der Waals surface area contributed by atoms with Crippen molar-refractivity contribution in [2.45, 2.75) is 6.92 Å². The number of pyridine rings is 1. The van der Waals surface area contributed by atoms with Crippen LogP contribution < -0.4 is 4.74 Å². The zero-order chi connectivity index (χ0) is 13.5. The lowest BCUT2D eigenvalue weighted by Gasteiger charge is -2.03. The summed E-state index contributed by atoms with van der Waals surface area (Å²) in [6, 6.07) is 15.3. The number of benzene rings is 1. The molecule has 2 aromatic rings. The molecule has 0 aliphatic rings. The summed E-state index contributed by atoms with van der Waals surface area (Å²) in [6.07, 6.45) is 3.50. The molecule has 0 bridgehead atoms. The van der Waals surface area contributed by atoms with Gasteiger partial charge in [0, 0.05) is 6.20 Å². The Hall–Kier alpha value is -2.60. The maximum absolute atomic E-state index is 9.20. The van der Waals surface area contributed by atoms with Crippen molar-refractivity contribution in [1.82, 2.24) is 4.98 Å². The van der Waals surface area contributed by atoms with E-state index in [4.69, 9.17) is 4.74 Å². The van der Waals surface area contributed by atoms with E-state index in [1.165, 1.54) is 0 Å². The summed E-state index contributed by atoms with van der Waals surface area (Å²) < 4.78 is 5.38. The Morgan fingerprint density at radius 3 is 2.63 bits per heavy atom. The highest BCUT2D eigenvalue weighted by molar-refractivity contribution is 5.88. The standard InChI is InChI=1S/C16H14N2O/c1-2-19-15-8-6-13(7-9-15)11-14(12-17)16-5-3-4-10-18-16/h3-11H,2H2,1H3. The second-order valence-corrected chi connectivity index (χ2v) is 3.89. The monoisotopic (exact) mass is 250 g/mol. The quantitative estimate of drug-likeness (QED) is 0.779. The average Bonchev–Trinajstić information content (AvgIpc) is 2.48. The van der Waals surface area contributed by atoms with Gasteiger partial charge in [0.05, 0.1) is 17.9 Å². The molecule has 1 aromatic carbocycles. The maximum atomic E-state index is 9.20. The van der Waals surface area contributed by atoms with Crippen molar-refractivity contribution in [2.75, 3.05) is 6.61 Å². The van der Waals surface area contributed by atoms with Gasteiger partial charge in [0.1, 0.15) is 11.8 Å². The number of nitrogens with zero attached hydrogens (tertiary/aromatic N) is 2. The van der Waals surface area contributed by atoms with Gasteiger partial charge in [0.25, 0.3) is 0 Å². The first-order valence-corrected chi connectivity index (χ1v) is 6.09. The fourth-order valence-electron chi connectivity index (χ4n) is 1.68. The third-order valence-electron chi connectivity index (χ3n) is 2.56. The van der Waals surface area contributed by atoms with Crippen molar-refractivity contribution >= 4 is 11.6 Å². The lowest BCUT2D eigenvalue weighted by atomic mass is 10.1. The van der Waals surface area contributed by atoms with Crippen molar-refractivity contribution in [1.29, 1.82) is 5.26 Å². The summed E-state index contributed by atoms with van der Waals surface area (Å²) in [5, 5.41) is 9.20. The van der Waals surface area contributed by atoms with Gasteiger partial charge in [-0.1, -0.05) is 18.2 Å². The van der Waals surface area contributed by atoms with Gasteiger partial charge < -0.3 is 4.74 Å². The SMILES string of the molecule is CCOc1ccc(C=C(C#N)c2ccccn2)cc1. The van der Waals surface area contributed by atoms with Gasteiger partial charge in [-0.25, -0.2) is 0 Å². The van der Waals surface area contributed by atoms with Gasteiger partial charge in [-0.15, -0.1) is 0 Å². The van der Waals surface area contributed by atoms with Crippen LogP contribution in [0.1, 0.15) is 18.2 Å².